The number of thiazole rings is 1. The Labute approximate surface area is 116 Å². The van der Waals surface area contributed by atoms with Gasteiger partial charge in [0.15, 0.2) is 5.13 Å². The molecule has 1 aromatic carbocycles. The molecule has 19 heavy (non-hydrogen) atoms. The smallest absolute Gasteiger partial charge is 0.226 e. The van der Waals surface area contributed by atoms with Gasteiger partial charge in [-0.2, -0.15) is 0 Å². The van der Waals surface area contributed by atoms with Gasteiger partial charge in [-0.1, -0.05) is 18.2 Å². The Hall–Kier alpha value is -1.88. The molecule has 0 aliphatic carbocycles. The molecule has 0 spiro atoms. The number of amides is 1. The van der Waals surface area contributed by atoms with Crippen molar-refractivity contribution < 1.29 is 9.90 Å². The normalized spacial score (nSPS) is 10.4. The van der Waals surface area contributed by atoms with Gasteiger partial charge in [-0.25, -0.2) is 4.98 Å². The fourth-order valence-corrected chi connectivity index (χ4v) is 2.51. The van der Waals surface area contributed by atoms with Crippen LogP contribution in [-0.2, 0) is 11.2 Å². The molecule has 4 nitrogen and oxygen atoms in total. The van der Waals surface area contributed by atoms with Crippen LogP contribution in [0.2, 0.25) is 0 Å². The number of phenols is 1. The number of benzene rings is 1. The molecule has 0 fully saturated rings. The Balaban J connectivity index is 1.90. The van der Waals surface area contributed by atoms with Crippen molar-refractivity contribution in [1.29, 1.82) is 0 Å². The lowest BCUT2D eigenvalue weighted by atomic mass is 10.1. The van der Waals surface area contributed by atoms with Crippen LogP contribution in [-0.4, -0.2) is 16.0 Å². The van der Waals surface area contributed by atoms with Crippen LogP contribution in [0.3, 0.4) is 0 Å². The van der Waals surface area contributed by atoms with Gasteiger partial charge in [0.05, 0.1) is 5.69 Å². The summed E-state index contributed by atoms with van der Waals surface area (Å²) in [6, 6.07) is 7.06. The Morgan fingerprint density at radius 1 is 1.37 bits per heavy atom. The first-order valence-corrected chi connectivity index (χ1v) is 6.88. The number of aromatic nitrogens is 1. The molecule has 1 heterocycles. The van der Waals surface area contributed by atoms with Crippen molar-refractivity contribution in [3.05, 3.63) is 40.4 Å². The van der Waals surface area contributed by atoms with Gasteiger partial charge in [0, 0.05) is 11.3 Å². The molecular formula is C14H16N2O2S. The molecule has 0 radical (unpaired) electrons. The van der Waals surface area contributed by atoms with E-state index in [1.807, 2.05) is 26.0 Å². The maximum atomic E-state index is 11.8. The summed E-state index contributed by atoms with van der Waals surface area (Å²) in [5, 5.41) is 13.0. The highest BCUT2D eigenvalue weighted by atomic mass is 32.1. The van der Waals surface area contributed by atoms with Crippen LogP contribution in [0.25, 0.3) is 0 Å². The average molecular weight is 276 g/mol. The molecule has 2 N–H and O–H groups in total. The molecule has 0 aliphatic rings. The Morgan fingerprint density at radius 2 is 2.11 bits per heavy atom. The van der Waals surface area contributed by atoms with Crippen molar-refractivity contribution in [3.63, 3.8) is 0 Å². The first-order valence-electron chi connectivity index (χ1n) is 6.07. The zero-order chi connectivity index (χ0) is 13.8. The number of para-hydroxylation sites is 1. The van der Waals surface area contributed by atoms with E-state index in [-0.39, 0.29) is 11.7 Å². The monoisotopic (exact) mass is 276 g/mol. The number of nitrogens with one attached hydrogen (secondary N) is 1. The van der Waals surface area contributed by atoms with Crippen LogP contribution in [0.15, 0.2) is 24.3 Å². The van der Waals surface area contributed by atoms with Crippen molar-refractivity contribution >= 4 is 22.4 Å². The van der Waals surface area contributed by atoms with Crippen molar-refractivity contribution in [2.45, 2.75) is 26.7 Å². The molecule has 0 unspecified atom stereocenters. The third-order valence-electron chi connectivity index (χ3n) is 2.89. The topological polar surface area (TPSA) is 62.2 Å². The van der Waals surface area contributed by atoms with Gasteiger partial charge in [-0.3, -0.25) is 4.79 Å². The SMILES string of the molecule is Cc1nc(NC(=O)CCc2ccccc2O)sc1C. The van der Waals surface area contributed by atoms with Crippen molar-refractivity contribution in [2.75, 3.05) is 5.32 Å². The van der Waals surface area contributed by atoms with Crippen LogP contribution in [0.1, 0.15) is 22.6 Å². The second-order valence-electron chi connectivity index (χ2n) is 4.34. The highest BCUT2D eigenvalue weighted by molar-refractivity contribution is 7.15. The lowest BCUT2D eigenvalue weighted by Crippen LogP contribution is -2.12. The van der Waals surface area contributed by atoms with Gasteiger partial charge in [-0.15, -0.1) is 11.3 Å². The Bertz CT molecular complexity index is 573. The van der Waals surface area contributed by atoms with Crippen molar-refractivity contribution in [2.24, 2.45) is 0 Å². The van der Waals surface area contributed by atoms with Gasteiger partial charge in [0.1, 0.15) is 5.75 Å². The zero-order valence-corrected chi connectivity index (χ0v) is 11.8. The number of hydrogen-bond donors (Lipinski definition) is 2. The summed E-state index contributed by atoms with van der Waals surface area (Å²) in [5.74, 6) is 0.147. The van der Waals surface area contributed by atoms with Gasteiger partial charge in [0.25, 0.3) is 0 Å². The van der Waals surface area contributed by atoms with E-state index in [0.717, 1.165) is 16.1 Å². The predicted molar refractivity (Wildman–Crippen MR) is 76.6 cm³/mol. The number of hydrogen-bond acceptors (Lipinski definition) is 4. The lowest BCUT2D eigenvalue weighted by molar-refractivity contribution is -0.116. The maximum Gasteiger partial charge on any atom is 0.226 e. The van der Waals surface area contributed by atoms with E-state index in [1.165, 1.54) is 11.3 Å². The second kappa shape index (κ2) is 5.84. The van der Waals surface area contributed by atoms with Crippen LogP contribution in [0.4, 0.5) is 5.13 Å². The summed E-state index contributed by atoms with van der Waals surface area (Å²) >= 11 is 1.48. The van der Waals surface area contributed by atoms with E-state index < -0.39 is 0 Å². The fourth-order valence-electron chi connectivity index (χ4n) is 1.68. The molecule has 2 rings (SSSR count). The minimum Gasteiger partial charge on any atom is -0.508 e. The number of carbonyl (C=O) groups excluding carboxylic acids is 1. The molecule has 1 aromatic heterocycles. The molecular weight excluding hydrogens is 260 g/mol. The van der Waals surface area contributed by atoms with Crippen molar-refractivity contribution in [3.8, 4) is 5.75 Å². The fraction of sp³-hybridized carbons (Fsp3) is 0.286. The van der Waals surface area contributed by atoms with Crippen LogP contribution in [0, 0.1) is 13.8 Å². The largest absolute Gasteiger partial charge is 0.508 e. The van der Waals surface area contributed by atoms with Crippen molar-refractivity contribution in [1.82, 2.24) is 4.98 Å². The number of carbonyl (C=O) groups is 1. The van der Waals surface area contributed by atoms with Crippen LogP contribution < -0.4 is 5.32 Å². The van der Waals surface area contributed by atoms with E-state index in [9.17, 15) is 9.90 Å². The summed E-state index contributed by atoms with van der Waals surface area (Å²) in [6.45, 7) is 3.90. The molecule has 0 aliphatic heterocycles. The van der Waals surface area contributed by atoms with Gasteiger partial charge >= 0.3 is 0 Å². The third kappa shape index (κ3) is 3.54. The number of anilines is 1. The van der Waals surface area contributed by atoms with E-state index in [0.29, 0.717) is 18.0 Å². The lowest BCUT2D eigenvalue weighted by Gasteiger charge is -2.04. The summed E-state index contributed by atoms with van der Waals surface area (Å²) in [6.07, 6.45) is 0.844. The summed E-state index contributed by atoms with van der Waals surface area (Å²) in [5.41, 5.74) is 1.73. The first-order chi connectivity index (χ1) is 9.06. The minimum atomic E-state index is -0.0861. The molecule has 2 aromatic rings. The Kier molecular flexibility index (Phi) is 4.16. The summed E-state index contributed by atoms with van der Waals surface area (Å²) < 4.78 is 0. The quantitative estimate of drug-likeness (QED) is 0.902. The van der Waals surface area contributed by atoms with E-state index in [1.54, 1.807) is 12.1 Å². The molecule has 5 heteroatoms. The molecule has 0 saturated carbocycles. The van der Waals surface area contributed by atoms with E-state index >= 15 is 0 Å². The van der Waals surface area contributed by atoms with E-state index in [4.69, 9.17) is 0 Å². The maximum absolute atomic E-state index is 11.8. The zero-order valence-electron chi connectivity index (χ0n) is 10.9. The Morgan fingerprint density at radius 3 is 2.74 bits per heavy atom. The second-order valence-corrected chi connectivity index (χ2v) is 5.54. The molecule has 0 saturated heterocycles. The van der Waals surface area contributed by atoms with Gasteiger partial charge in [0.2, 0.25) is 5.91 Å². The highest BCUT2D eigenvalue weighted by Crippen LogP contribution is 2.22. The molecule has 0 bridgehead atoms. The third-order valence-corrected chi connectivity index (χ3v) is 3.88. The number of rotatable bonds is 4. The van der Waals surface area contributed by atoms with E-state index in [2.05, 4.69) is 10.3 Å². The number of phenolic OH excluding ortho intramolecular Hbond substituents is 1. The van der Waals surface area contributed by atoms with Gasteiger partial charge < -0.3 is 10.4 Å². The summed E-state index contributed by atoms with van der Waals surface area (Å²) in [4.78, 5) is 17.2. The number of nitrogens with zero attached hydrogens (tertiary/aromatic N) is 1. The number of aryl methyl sites for hydroxylation is 3. The molecule has 100 valence electrons. The average Bonchev–Trinajstić information content (AvgIpc) is 2.67. The first kappa shape index (κ1) is 13.5. The number of aromatic hydroxyl groups is 1. The molecule has 0 atom stereocenters. The minimum absolute atomic E-state index is 0.0861. The highest BCUT2D eigenvalue weighted by Gasteiger charge is 2.09. The predicted octanol–water partition coefficient (Wildman–Crippen LogP) is 3.04. The van der Waals surface area contributed by atoms with Gasteiger partial charge in [-0.05, 0) is 31.9 Å². The van der Waals surface area contributed by atoms with Crippen LogP contribution >= 0.6 is 11.3 Å². The molecule has 1 amide bonds. The summed E-state index contributed by atoms with van der Waals surface area (Å²) in [7, 11) is 0. The van der Waals surface area contributed by atoms with Crippen LogP contribution in [0.5, 0.6) is 5.75 Å². The standard InChI is InChI=1S/C14H16N2O2S/c1-9-10(2)19-14(15-9)16-13(18)8-7-11-5-3-4-6-12(11)17/h3-6,17H,7-8H2,1-2H3,(H,15,16,18).